The van der Waals surface area contributed by atoms with E-state index in [9.17, 15) is 9.18 Å². The van der Waals surface area contributed by atoms with Gasteiger partial charge in [0.05, 0.1) is 11.4 Å². The van der Waals surface area contributed by atoms with Gasteiger partial charge >= 0.3 is 0 Å². The van der Waals surface area contributed by atoms with Crippen molar-refractivity contribution in [1.29, 1.82) is 0 Å². The smallest absolute Gasteiger partial charge is 0.247 e. The summed E-state index contributed by atoms with van der Waals surface area (Å²) in [5.74, 6) is 0.520. The number of nitrogens with one attached hydrogen (secondary N) is 1. The summed E-state index contributed by atoms with van der Waals surface area (Å²) in [4.78, 5) is 14.5. The summed E-state index contributed by atoms with van der Waals surface area (Å²) >= 11 is 0. The second-order valence-electron chi connectivity index (χ2n) is 6.26. The molecule has 1 aliphatic carbocycles. The predicted molar refractivity (Wildman–Crippen MR) is 76.3 cm³/mol. The molecule has 4 heteroatoms. The first kappa shape index (κ1) is 12.2. The monoisotopic (exact) mass is 274 g/mol. The van der Waals surface area contributed by atoms with Crippen molar-refractivity contribution in [1.82, 2.24) is 0 Å². The fourth-order valence-electron chi connectivity index (χ4n) is 4.28. The van der Waals surface area contributed by atoms with Gasteiger partial charge in [0.1, 0.15) is 11.9 Å². The maximum Gasteiger partial charge on any atom is 0.247 e. The molecule has 1 aromatic rings. The fourth-order valence-corrected chi connectivity index (χ4v) is 4.28. The Morgan fingerprint density at radius 2 is 2.00 bits per heavy atom. The van der Waals surface area contributed by atoms with Gasteiger partial charge in [-0.25, -0.2) is 4.39 Å². The minimum atomic E-state index is -0.225. The molecule has 0 radical (unpaired) electrons. The molecular weight excluding hydrogens is 255 g/mol. The number of rotatable bonds is 0. The molecule has 3 aliphatic rings. The number of piperidine rings is 1. The number of amides is 1. The largest absolute Gasteiger partial charge is 0.354 e. The third-order valence-electron chi connectivity index (χ3n) is 5.17. The van der Waals surface area contributed by atoms with Gasteiger partial charge in [-0.3, -0.25) is 4.79 Å². The van der Waals surface area contributed by atoms with Crippen LogP contribution in [0.1, 0.15) is 38.5 Å². The molecule has 1 amide bonds. The third kappa shape index (κ3) is 1.74. The number of carbonyl (C=O) groups excluding carboxylic acids is 1. The Bertz CT molecular complexity index is 559. The molecule has 3 nitrogen and oxygen atoms in total. The number of benzene rings is 1. The Morgan fingerprint density at radius 3 is 2.90 bits per heavy atom. The van der Waals surface area contributed by atoms with E-state index in [4.69, 9.17) is 0 Å². The molecule has 2 heterocycles. The van der Waals surface area contributed by atoms with E-state index in [1.54, 1.807) is 12.1 Å². The second-order valence-corrected chi connectivity index (χ2v) is 6.26. The summed E-state index contributed by atoms with van der Waals surface area (Å²) < 4.78 is 13.6. The molecule has 0 bridgehead atoms. The van der Waals surface area contributed by atoms with Crippen molar-refractivity contribution < 1.29 is 9.18 Å². The van der Waals surface area contributed by atoms with Crippen molar-refractivity contribution in [2.75, 3.05) is 10.2 Å². The molecule has 2 fully saturated rings. The third-order valence-corrected chi connectivity index (χ3v) is 5.17. The first-order valence-electron chi connectivity index (χ1n) is 7.63. The van der Waals surface area contributed by atoms with Crippen molar-refractivity contribution in [3.05, 3.63) is 24.0 Å². The fraction of sp³-hybridized carbons (Fsp3) is 0.562. The normalized spacial score (nSPS) is 31.9. The average Bonchev–Trinajstić information content (AvgIpc) is 2.47. The zero-order valence-corrected chi connectivity index (χ0v) is 11.4. The molecule has 3 unspecified atom stereocenters. The maximum atomic E-state index is 13.6. The topological polar surface area (TPSA) is 32.3 Å². The van der Waals surface area contributed by atoms with Crippen molar-refractivity contribution in [3.63, 3.8) is 0 Å². The van der Waals surface area contributed by atoms with E-state index in [0.717, 1.165) is 30.6 Å². The Morgan fingerprint density at radius 1 is 1.15 bits per heavy atom. The van der Waals surface area contributed by atoms with Crippen LogP contribution < -0.4 is 10.2 Å². The lowest BCUT2D eigenvalue weighted by Gasteiger charge is -2.51. The van der Waals surface area contributed by atoms with Gasteiger partial charge in [0.2, 0.25) is 5.91 Å². The molecule has 4 rings (SSSR count). The Labute approximate surface area is 118 Å². The number of hydrogen-bond acceptors (Lipinski definition) is 2. The van der Waals surface area contributed by atoms with E-state index in [2.05, 4.69) is 10.2 Å². The van der Waals surface area contributed by atoms with Crippen LogP contribution in [-0.4, -0.2) is 18.0 Å². The van der Waals surface area contributed by atoms with Crippen LogP contribution in [0.5, 0.6) is 0 Å². The van der Waals surface area contributed by atoms with Gasteiger partial charge in [0.15, 0.2) is 0 Å². The van der Waals surface area contributed by atoms with Gasteiger partial charge in [0.25, 0.3) is 0 Å². The second kappa shape index (κ2) is 4.47. The first-order chi connectivity index (χ1) is 9.74. The number of anilines is 2. The van der Waals surface area contributed by atoms with Crippen LogP contribution in [0.15, 0.2) is 18.2 Å². The highest BCUT2D eigenvalue weighted by Crippen LogP contribution is 2.45. The highest BCUT2D eigenvalue weighted by atomic mass is 19.1. The number of halogens is 1. The number of nitrogens with zero attached hydrogens (tertiary/aromatic N) is 1. The van der Waals surface area contributed by atoms with Crippen LogP contribution in [-0.2, 0) is 4.79 Å². The molecule has 3 atom stereocenters. The lowest BCUT2D eigenvalue weighted by atomic mass is 9.75. The minimum Gasteiger partial charge on any atom is -0.354 e. The lowest BCUT2D eigenvalue weighted by Crippen LogP contribution is -2.58. The van der Waals surface area contributed by atoms with Gasteiger partial charge in [-0.2, -0.15) is 0 Å². The van der Waals surface area contributed by atoms with E-state index in [1.807, 2.05) is 0 Å². The Hall–Kier alpha value is -1.58. The van der Waals surface area contributed by atoms with E-state index >= 15 is 0 Å². The molecule has 1 saturated heterocycles. The molecule has 2 aliphatic heterocycles. The zero-order valence-electron chi connectivity index (χ0n) is 11.4. The molecule has 1 N–H and O–H groups in total. The van der Waals surface area contributed by atoms with E-state index in [1.165, 1.54) is 25.3 Å². The van der Waals surface area contributed by atoms with Crippen LogP contribution >= 0.6 is 0 Å². The lowest BCUT2D eigenvalue weighted by molar-refractivity contribution is -0.118. The summed E-state index contributed by atoms with van der Waals surface area (Å²) in [5, 5.41) is 2.93. The summed E-state index contributed by atoms with van der Waals surface area (Å²) in [6.07, 6.45) is 6.91. The SMILES string of the molecule is O=C1Nc2ccc(F)cc2N2C1CCC1CCCCC12. The highest BCUT2D eigenvalue weighted by Gasteiger charge is 2.44. The first-order valence-corrected chi connectivity index (χ1v) is 7.63. The summed E-state index contributed by atoms with van der Waals surface area (Å²) in [5.41, 5.74) is 1.64. The minimum absolute atomic E-state index is 0.0770. The predicted octanol–water partition coefficient (Wildman–Crippen LogP) is 3.31. The van der Waals surface area contributed by atoms with Crippen LogP contribution in [0.2, 0.25) is 0 Å². The van der Waals surface area contributed by atoms with E-state index < -0.39 is 0 Å². The standard InChI is InChI=1S/C16H19FN2O/c17-11-6-7-12-15(9-11)19-13-4-2-1-3-10(13)5-8-14(19)16(20)18-12/h6-7,9-10,13-14H,1-5,8H2,(H,18,20). The zero-order chi connectivity index (χ0) is 13.7. The molecular formula is C16H19FN2O. The molecule has 0 spiro atoms. The average molecular weight is 274 g/mol. The van der Waals surface area contributed by atoms with E-state index in [-0.39, 0.29) is 17.8 Å². The molecule has 0 aromatic heterocycles. The van der Waals surface area contributed by atoms with Crippen LogP contribution in [0.4, 0.5) is 15.8 Å². The number of fused-ring (bicyclic) bond motifs is 5. The maximum absolute atomic E-state index is 13.6. The number of hydrogen-bond donors (Lipinski definition) is 1. The van der Waals surface area contributed by atoms with Crippen molar-refractivity contribution >= 4 is 17.3 Å². The Kier molecular flexibility index (Phi) is 2.72. The highest BCUT2D eigenvalue weighted by molar-refractivity contribution is 6.03. The van der Waals surface area contributed by atoms with Crippen LogP contribution in [0, 0.1) is 11.7 Å². The summed E-state index contributed by atoms with van der Waals surface area (Å²) in [6.45, 7) is 0. The van der Waals surface area contributed by atoms with Crippen molar-refractivity contribution in [3.8, 4) is 0 Å². The Balaban J connectivity index is 1.80. The van der Waals surface area contributed by atoms with Gasteiger partial charge in [-0.1, -0.05) is 12.8 Å². The van der Waals surface area contributed by atoms with Gasteiger partial charge in [-0.15, -0.1) is 0 Å². The van der Waals surface area contributed by atoms with Gasteiger partial charge in [-0.05, 0) is 49.8 Å². The molecule has 1 saturated carbocycles. The van der Waals surface area contributed by atoms with Crippen molar-refractivity contribution in [2.24, 2.45) is 5.92 Å². The van der Waals surface area contributed by atoms with Crippen molar-refractivity contribution in [2.45, 2.75) is 50.6 Å². The number of carbonyl (C=O) groups is 1. The summed E-state index contributed by atoms with van der Waals surface area (Å²) in [6, 6.07) is 4.99. The van der Waals surface area contributed by atoms with Crippen LogP contribution in [0.3, 0.4) is 0 Å². The molecule has 106 valence electrons. The molecule has 20 heavy (non-hydrogen) atoms. The quantitative estimate of drug-likeness (QED) is 0.787. The van der Waals surface area contributed by atoms with Gasteiger partial charge < -0.3 is 10.2 Å². The van der Waals surface area contributed by atoms with Crippen LogP contribution in [0.25, 0.3) is 0 Å². The molecule has 1 aromatic carbocycles. The van der Waals surface area contributed by atoms with E-state index in [0.29, 0.717) is 12.0 Å². The van der Waals surface area contributed by atoms with Gasteiger partial charge in [0, 0.05) is 6.04 Å². The summed E-state index contributed by atoms with van der Waals surface area (Å²) in [7, 11) is 0.